The van der Waals surface area contributed by atoms with Crippen LogP contribution in [0.15, 0.2) is 23.1 Å². The summed E-state index contributed by atoms with van der Waals surface area (Å²) >= 11 is 6.10. The zero-order valence-electron chi connectivity index (χ0n) is 12.0. The lowest BCUT2D eigenvalue weighted by molar-refractivity contribution is 0.464. The molecule has 1 aliphatic heterocycles. The number of rotatable bonds is 3. The van der Waals surface area contributed by atoms with Gasteiger partial charge in [-0.1, -0.05) is 38.4 Å². The highest BCUT2D eigenvalue weighted by atomic mass is 35.5. The predicted octanol–water partition coefficient (Wildman–Crippen LogP) is 2.43. The van der Waals surface area contributed by atoms with E-state index in [1.165, 1.54) is 4.31 Å². The lowest BCUT2D eigenvalue weighted by atomic mass is 10.0. The number of hydrogen-bond acceptors (Lipinski definition) is 3. The molecule has 6 heteroatoms. The Morgan fingerprint density at radius 1 is 1.35 bits per heavy atom. The lowest BCUT2D eigenvalue weighted by Gasteiger charge is -2.18. The molecule has 1 aromatic carbocycles. The van der Waals surface area contributed by atoms with E-state index in [4.69, 9.17) is 17.3 Å². The van der Waals surface area contributed by atoms with E-state index in [0.29, 0.717) is 13.1 Å². The standard InChI is InChI=1S/C14H21ClN2O2S/c1-9(2)11-4-5-12(15)14(6-11)20(18,19)17-7-10(3)13(16)8-17/h4-6,9-10,13H,7-8,16H2,1-3H3. The van der Waals surface area contributed by atoms with E-state index in [9.17, 15) is 8.42 Å². The van der Waals surface area contributed by atoms with Crippen LogP contribution in [0.25, 0.3) is 0 Å². The van der Waals surface area contributed by atoms with Crippen molar-refractivity contribution in [2.24, 2.45) is 11.7 Å². The molecule has 2 rings (SSSR count). The largest absolute Gasteiger partial charge is 0.326 e. The maximum Gasteiger partial charge on any atom is 0.244 e. The Hall–Kier alpha value is -0.620. The van der Waals surface area contributed by atoms with Gasteiger partial charge in [0.15, 0.2) is 0 Å². The molecule has 0 spiro atoms. The molecule has 0 saturated carbocycles. The zero-order valence-corrected chi connectivity index (χ0v) is 13.6. The highest BCUT2D eigenvalue weighted by Crippen LogP contribution is 2.30. The Morgan fingerprint density at radius 3 is 2.50 bits per heavy atom. The maximum atomic E-state index is 12.7. The van der Waals surface area contributed by atoms with E-state index in [1.54, 1.807) is 12.1 Å². The Bertz CT molecular complexity index is 591. The predicted molar refractivity (Wildman–Crippen MR) is 81.4 cm³/mol. The van der Waals surface area contributed by atoms with Crippen molar-refractivity contribution < 1.29 is 8.42 Å². The van der Waals surface area contributed by atoms with Gasteiger partial charge in [0, 0.05) is 19.1 Å². The average Bonchev–Trinajstić information content (AvgIpc) is 2.70. The third kappa shape index (κ3) is 2.86. The summed E-state index contributed by atoms with van der Waals surface area (Å²) in [5.74, 6) is 0.415. The molecule has 2 N–H and O–H groups in total. The van der Waals surface area contributed by atoms with Crippen molar-refractivity contribution in [1.82, 2.24) is 4.31 Å². The number of nitrogens with two attached hydrogens (primary N) is 1. The molecule has 20 heavy (non-hydrogen) atoms. The Kier molecular flexibility index (Phi) is 4.44. The van der Waals surface area contributed by atoms with Crippen molar-refractivity contribution in [2.45, 2.75) is 37.6 Å². The third-order valence-corrected chi connectivity index (χ3v) is 6.19. The van der Waals surface area contributed by atoms with Gasteiger partial charge in [0.1, 0.15) is 4.90 Å². The molecule has 0 aromatic heterocycles. The molecule has 112 valence electrons. The Morgan fingerprint density at radius 2 is 2.00 bits per heavy atom. The maximum absolute atomic E-state index is 12.7. The van der Waals surface area contributed by atoms with E-state index in [1.807, 2.05) is 26.8 Å². The van der Waals surface area contributed by atoms with Crippen LogP contribution in [0.4, 0.5) is 0 Å². The highest BCUT2D eigenvalue weighted by molar-refractivity contribution is 7.89. The van der Waals surface area contributed by atoms with Gasteiger partial charge in [-0.2, -0.15) is 4.31 Å². The van der Waals surface area contributed by atoms with Crippen LogP contribution in [0.5, 0.6) is 0 Å². The SMILES string of the molecule is CC(C)c1ccc(Cl)c(S(=O)(=O)N2CC(C)C(N)C2)c1. The van der Waals surface area contributed by atoms with Gasteiger partial charge in [-0.15, -0.1) is 0 Å². The van der Waals surface area contributed by atoms with Crippen LogP contribution in [0.3, 0.4) is 0 Å². The van der Waals surface area contributed by atoms with E-state index >= 15 is 0 Å². The van der Waals surface area contributed by atoms with Gasteiger partial charge in [-0.25, -0.2) is 8.42 Å². The smallest absolute Gasteiger partial charge is 0.244 e. The summed E-state index contributed by atoms with van der Waals surface area (Å²) in [4.78, 5) is 0.187. The van der Waals surface area contributed by atoms with Crippen LogP contribution < -0.4 is 5.73 Å². The molecule has 1 aliphatic rings. The van der Waals surface area contributed by atoms with Crippen molar-refractivity contribution in [3.05, 3.63) is 28.8 Å². The van der Waals surface area contributed by atoms with Crippen LogP contribution >= 0.6 is 11.6 Å². The fourth-order valence-corrected chi connectivity index (χ4v) is 4.45. The van der Waals surface area contributed by atoms with Crippen LogP contribution in [0.2, 0.25) is 5.02 Å². The molecule has 0 bridgehead atoms. The average molecular weight is 317 g/mol. The first-order valence-corrected chi connectivity index (χ1v) is 8.60. The molecule has 1 heterocycles. The fraction of sp³-hybridized carbons (Fsp3) is 0.571. The molecule has 1 saturated heterocycles. The summed E-state index contributed by atoms with van der Waals surface area (Å²) in [5.41, 5.74) is 6.88. The molecular weight excluding hydrogens is 296 g/mol. The lowest BCUT2D eigenvalue weighted by Crippen LogP contribution is -2.32. The minimum atomic E-state index is -3.57. The number of benzene rings is 1. The van der Waals surface area contributed by atoms with Crippen molar-refractivity contribution in [3.63, 3.8) is 0 Å². The summed E-state index contributed by atoms with van der Waals surface area (Å²) in [5, 5.41) is 0.266. The second kappa shape index (κ2) is 5.64. The number of nitrogens with zero attached hydrogens (tertiary/aromatic N) is 1. The molecule has 0 amide bonds. The quantitative estimate of drug-likeness (QED) is 0.931. The van der Waals surface area contributed by atoms with Crippen LogP contribution in [0, 0.1) is 5.92 Å². The van der Waals surface area contributed by atoms with Crippen LogP contribution in [-0.2, 0) is 10.0 Å². The van der Waals surface area contributed by atoms with Gasteiger partial charge < -0.3 is 5.73 Å². The van der Waals surface area contributed by atoms with Crippen molar-refractivity contribution in [2.75, 3.05) is 13.1 Å². The summed E-state index contributed by atoms with van der Waals surface area (Å²) in [6.07, 6.45) is 0. The first kappa shape index (κ1) is 15.8. The van der Waals surface area contributed by atoms with Crippen molar-refractivity contribution in [1.29, 1.82) is 0 Å². The van der Waals surface area contributed by atoms with Gasteiger partial charge in [0.25, 0.3) is 0 Å². The summed E-state index contributed by atoms with van der Waals surface area (Å²) in [6, 6.07) is 5.08. The number of halogens is 1. The van der Waals surface area contributed by atoms with Gasteiger partial charge >= 0.3 is 0 Å². The van der Waals surface area contributed by atoms with Gasteiger partial charge in [0.05, 0.1) is 5.02 Å². The van der Waals surface area contributed by atoms with E-state index in [2.05, 4.69) is 0 Å². The topological polar surface area (TPSA) is 63.4 Å². The monoisotopic (exact) mass is 316 g/mol. The van der Waals surface area contributed by atoms with Gasteiger partial charge in [0.2, 0.25) is 10.0 Å². The normalized spacial score (nSPS) is 24.5. The molecule has 2 atom stereocenters. The summed E-state index contributed by atoms with van der Waals surface area (Å²) < 4.78 is 26.9. The first-order chi connectivity index (χ1) is 9.23. The van der Waals surface area contributed by atoms with Gasteiger partial charge in [-0.3, -0.25) is 0 Å². The molecule has 1 fully saturated rings. The van der Waals surface area contributed by atoms with E-state index in [-0.39, 0.29) is 27.8 Å². The second-order valence-electron chi connectivity index (χ2n) is 5.81. The van der Waals surface area contributed by atoms with E-state index in [0.717, 1.165) is 5.56 Å². The molecule has 0 aliphatic carbocycles. The molecule has 2 unspecified atom stereocenters. The first-order valence-electron chi connectivity index (χ1n) is 6.78. The van der Waals surface area contributed by atoms with Gasteiger partial charge in [-0.05, 0) is 29.5 Å². The Balaban J connectivity index is 2.42. The van der Waals surface area contributed by atoms with Crippen molar-refractivity contribution in [3.8, 4) is 0 Å². The summed E-state index contributed by atoms with van der Waals surface area (Å²) in [6.45, 7) is 6.81. The minimum absolute atomic E-state index is 0.114. The Labute approximate surface area is 126 Å². The molecule has 4 nitrogen and oxygen atoms in total. The highest BCUT2D eigenvalue weighted by Gasteiger charge is 2.36. The van der Waals surface area contributed by atoms with Crippen LogP contribution in [-0.4, -0.2) is 31.9 Å². The third-order valence-electron chi connectivity index (χ3n) is 3.88. The second-order valence-corrected chi connectivity index (χ2v) is 8.12. The summed E-state index contributed by atoms with van der Waals surface area (Å²) in [7, 11) is -3.57. The molecule has 1 aromatic rings. The minimum Gasteiger partial charge on any atom is -0.326 e. The zero-order chi connectivity index (χ0) is 15.1. The fourth-order valence-electron chi connectivity index (χ4n) is 2.36. The number of hydrogen-bond donors (Lipinski definition) is 1. The molecular formula is C14H21ClN2O2S. The van der Waals surface area contributed by atoms with Crippen molar-refractivity contribution >= 4 is 21.6 Å². The molecule has 0 radical (unpaired) electrons. The number of sulfonamides is 1. The van der Waals surface area contributed by atoms with Crippen LogP contribution in [0.1, 0.15) is 32.3 Å². The van der Waals surface area contributed by atoms with E-state index < -0.39 is 10.0 Å².